The molecular formula is C16H18F3N3. The maximum atomic E-state index is 13.0. The molecule has 1 aromatic rings. The third-order valence-electron chi connectivity index (χ3n) is 3.92. The maximum Gasteiger partial charge on any atom is 0.435 e. The fourth-order valence-corrected chi connectivity index (χ4v) is 2.55. The Labute approximate surface area is 127 Å². The second-order valence-corrected chi connectivity index (χ2v) is 5.63. The fraction of sp³-hybridized carbons (Fsp3) is 0.438. The highest BCUT2D eigenvalue weighted by Crippen LogP contribution is 2.43. The first kappa shape index (κ1) is 15.1. The van der Waals surface area contributed by atoms with Gasteiger partial charge in [-0.25, -0.2) is 0 Å². The summed E-state index contributed by atoms with van der Waals surface area (Å²) in [5, 5.41) is 6.94. The van der Waals surface area contributed by atoms with Crippen LogP contribution in [0.4, 0.5) is 13.2 Å². The van der Waals surface area contributed by atoms with Gasteiger partial charge in [-0.05, 0) is 26.0 Å². The molecule has 3 nitrogen and oxygen atoms in total. The summed E-state index contributed by atoms with van der Waals surface area (Å²) >= 11 is 0. The summed E-state index contributed by atoms with van der Waals surface area (Å²) in [5.74, 6) is 0.200. The molecule has 0 radical (unpaired) electrons. The number of aromatic nitrogens is 2. The van der Waals surface area contributed by atoms with Gasteiger partial charge in [-0.3, -0.25) is 4.68 Å². The molecule has 22 heavy (non-hydrogen) atoms. The molecule has 0 amide bonds. The number of likely N-dealkylation sites (N-methyl/N-ethyl adjacent to an activating group) is 1. The van der Waals surface area contributed by atoms with Crippen LogP contribution in [0.1, 0.15) is 36.2 Å². The van der Waals surface area contributed by atoms with Crippen LogP contribution < -0.4 is 5.32 Å². The van der Waals surface area contributed by atoms with Gasteiger partial charge in [0.25, 0.3) is 0 Å². The lowest BCUT2D eigenvalue weighted by molar-refractivity contribution is -0.141. The van der Waals surface area contributed by atoms with Crippen molar-refractivity contribution >= 4 is 0 Å². The summed E-state index contributed by atoms with van der Waals surface area (Å²) < 4.78 is 40.4. The Morgan fingerprint density at radius 2 is 1.86 bits per heavy atom. The molecule has 0 bridgehead atoms. The van der Waals surface area contributed by atoms with E-state index in [0.29, 0.717) is 5.69 Å². The molecule has 0 saturated heterocycles. The standard InChI is InChI=1S/C16H18F3N3/c1-20-12-4-2-3-5-13(9-8-12)22-14(11-6-7-11)10-15(21-22)16(17,18)19/h2-5,8-13,20H,6-7H2,1H3/b4-2-,5-3?,9-8?. The lowest BCUT2D eigenvalue weighted by Crippen LogP contribution is -2.21. The highest BCUT2D eigenvalue weighted by Gasteiger charge is 2.38. The molecule has 6 heteroatoms. The Morgan fingerprint density at radius 3 is 2.50 bits per heavy atom. The normalized spacial score (nSPS) is 26.7. The number of rotatable bonds is 3. The largest absolute Gasteiger partial charge is 0.435 e. The third-order valence-corrected chi connectivity index (χ3v) is 3.92. The van der Waals surface area contributed by atoms with Gasteiger partial charge in [-0.2, -0.15) is 18.3 Å². The highest BCUT2D eigenvalue weighted by atomic mass is 19.4. The molecule has 0 aromatic carbocycles. The Morgan fingerprint density at radius 1 is 1.14 bits per heavy atom. The van der Waals surface area contributed by atoms with E-state index in [-0.39, 0.29) is 18.0 Å². The second-order valence-electron chi connectivity index (χ2n) is 5.63. The molecule has 2 aliphatic rings. The van der Waals surface area contributed by atoms with Crippen LogP contribution >= 0.6 is 0 Å². The van der Waals surface area contributed by atoms with Gasteiger partial charge in [-0.1, -0.05) is 36.5 Å². The van der Waals surface area contributed by atoms with E-state index in [0.717, 1.165) is 12.8 Å². The SMILES string of the molecule is CNC1C=CC(n2nc(C(F)(F)F)cc2C2CC2)C=C/C=C\1. The summed E-state index contributed by atoms with van der Waals surface area (Å²) in [5.41, 5.74) is -0.129. The smallest absolute Gasteiger partial charge is 0.310 e. The van der Waals surface area contributed by atoms with Crippen LogP contribution in [0.15, 0.2) is 42.5 Å². The molecule has 1 fully saturated rings. The molecule has 0 aliphatic heterocycles. The molecule has 2 aliphatic carbocycles. The van der Waals surface area contributed by atoms with Gasteiger partial charge in [0, 0.05) is 17.7 Å². The number of hydrogen-bond donors (Lipinski definition) is 1. The van der Waals surface area contributed by atoms with Crippen LogP contribution in [-0.4, -0.2) is 22.9 Å². The Hall–Kier alpha value is -1.82. The minimum absolute atomic E-state index is 0.0643. The summed E-state index contributed by atoms with van der Waals surface area (Å²) in [6.07, 6.45) is 8.87. The van der Waals surface area contributed by atoms with Gasteiger partial charge in [0.15, 0.2) is 5.69 Å². The molecule has 1 N–H and O–H groups in total. The van der Waals surface area contributed by atoms with Crippen molar-refractivity contribution in [1.29, 1.82) is 0 Å². The number of halogens is 3. The minimum atomic E-state index is -4.41. The zero-order valence-corrected chi connectivity index (χ0v) is 12.2. The van der Waals surface area contributed by atoms with Gasteiger partial charge >= 0.3 is 6.18 Å². The number of allylic oxidation sites excluding steroid dienone is 4. The summed E-state index contributed by atoms with van der Waals surface area (Å²) in [6, 6.07) is 0.964. The first-order chi connectivity index (χ1) is 10.5. The summed E-state index contributed by atoms with van der Waals surface area (Å²) in [6.45, 7) is 0. The predicted octanol–water partition coefficient (Wildman–Crippen LogP) is 3.59. The van der Waals surface area contributed by atoms with Crippen LogP contribution in [0.2, 0.25) is 0 Å². The minimum Gasteiger partial charge on any atom is -0.310 e. The van der Waals surface area contributed by atoms with Crippen molar-refractivity contribution in [2.75, 3.05) is 7.05 Å². The zero-order chi connectivity index (χ0) is 15.7. The van der Waals surface area contributed by atoms with Gasteiger partial charge in [0.2, 0.25) is 0 Å². The van der Waals surface area contributed by atoms with Gasteiger partial charge in [0.1, 0.15) is 0 Å². The Kier molecular flexibility index (Phi) is 3.95. The second kappa shape index (κ2) is 5.76. The molecule has 0 spiro atoms. The van der Waals surface area contributed by atoms with Gasteiger partial charge < -0.3 is 5.32 Å². The van der Waals surface area contributed by atoms with E-state index >= 15 is 0 Å². The van der Waals surface area contributed by atoms with E-state index in [4.69, 9.17) is 0 Å². The molecule has 118 valence electrons. The van der Waals surface area contributed by atoms with Crippen LogP contribution in [0.3, 0.4) is 0 Å². The van der Waals surface area contributed by atoms with Crippen molar-refractivity contribution in [3.8, 4) is 0 Å². The van der Waals surface area contributed by atoms with E-state index < -0.39 is 11.9 Å². The lowest BCUT2D eigenvalue weighted by atomic mass is 10.1. The maximum absolute atomic E-state index is 13.0. The number of nitrogens with zero attached hydrogens (tertiary/aromatic N) is 2. The zero-order valence-electron chi connectivity index (χ0n) is 12.2. The first-order valence-corrected chi connectivity index (χ1v) is 7.36. The molecule has 1 aromatic heterocycles. The molecule has 1 saturated carbocycles. The summed E-state index contributed by atoms with van der Waals surface area (Å²) in [4.78, 5) is 0. The van der Waals surface area contributed by atoms with E-state index in [2.05, 4.69) is 10.4 Å². The van der Waals surface area contributed by atoms with Crippen molar-refractivity contribution < 1.29 is 13.2 Å². The van der Waals surface area contributed by atoms with Crippen molar-refractivity contribution in [1.82, 2.24) is 15.1 Å². The van der Waals surface area contributed by atoms with Gasteiger partial charge in [0.05, 0.1) is 6.04 Å². The van der Waals surface area contributed by atoms with E-state index in [1.54, 1.807) is 0 Å². The summed E-state index contributed by atoms with van der Waals surface area (Å²) in [7, 11) is 1.84. The average Bonchev–Trinajstić information content (AvgIpc) is 3.17. The monoisotopic (exact) mass is 309 g/mol. The quantitative estimate of drug-likeness (QED) is 0.865. The predicted molar refractivity (Wildman–Crippen MR) is 78.5 cm³/mol. The van der Waals surface area contributed by atoms with Crippen molar-refractivity contribution in [3.05, 3.63) is 53.9 Å². The number of alkyl halides is 3. The van der Waals surface area contributed by atoms with Crippen molar-refractivity contribution in [2.45, 2.75) is 37.0 Å². The van der Waals surface area contributed by atoms with Crippen LogP contribution in [0, 0.1) is 0 Å². The third kappa shape index (κ3) is 3.16. The van der Waals surface area contributed by atoms with Gasteiger partial charge in [-0.15, -0.1) is 0 Å². The topological polar surface area (TPSA) is 29.9 Å². The van der Waals surface area contributed by atoms with Crippen molar-refractivity contribution in [3.63, 3.8) is 0 Å². The van der Waals surface area contributed by atoms with E-state index in [9.17, 15) is 13.2 Å². The highest BCUT2D eigenvalue weighted by molar-refractivity contribution is 5.26. The molecular weight excluding hydrogens is 291 g/mol. The molecule has 3 rings (SSSR count). The molecule has 2 unspecified atom stereocenters. The van der Waals surface area contributed by atoms with Crippen molar-refractivity contribution in [2.24, 2.45) is 0 Å². The molecule has 2 atom stereocenters. The fourth-order valence-electron chi connectivity index (χ4n) is 2.55. The number of hydrogen-bond acceptors (Lipinski definition) is 2. The lowest BCUT2D eigenvalue weighted by Gasteiger charge is -2.16. The Balaban J connectivity index is 1.97. The molecule has 1 heterocycles. The van der Waals surface area contributed by atoms with Crippen LogP contribution in [0.5, 0.6) is 0 Å². The van der Waals surface area contributed by atoms with E-state index in [1.165, 1.54) is 10.7 Å². The van der Waals surface area contributed by atoms with Crippen LogP contribution in [-0.2, 0) is 6.18 Å². The first-order valence-electron chi connectivity index (χ1n) is 7.36. The average molecular weight is 309 g/mol. The number of nitrogens with one attached hydrogen (secondary N) is 1. The van der Waals surface area contributed by atoms with Crippen LogP contribution in [0.25, 0.3) is 0 Å². The van der Waals surface area contributed by atoms with E-state index in [1.807, 2.05) is 43.5 Å². The Bertz CT molecular complexity index is 621.